The number of aromatic amines is 1. The van der Waals surface area contributed by atoms with Crippen LogP contribution in [0.1, 0.15) is 17.8 Å². The summed E-state index contributed by atoms with van der Waals surface area (Å²) in [5.41, 5.74) is 1.00. The topological polar surface area (TPSA) is 71.1 Å². The Kier molecular flexibility index (Phi) is 5.16. The molecule has 0 spiro atoms. The number of nitrogens with zero attached hydrogens (tertiary/aromatic N) is 3. The molecule has 112 valence electrons. The normalized spacial score (nSPS) is 10.4. The van der Waals surface area contributed by atoms with Crippen molar-refractivity contribution >= 4 is 17.5 Å². The second-order valence-corrected chi connectivity index (χ2v) is 5.06. The van der Waals surface area contributed by atoms with E-state index in [1.165, 1.54) is 6.33 Å². The largest absolute Gasteiger partial charge is 0.495 e. The fraction of sp³-hybridized carbons (Fsp3) is 0.357. The first-order chi connectivity index (χ1) is 10.1. The molecule has 21 heavy (non-hydrogen) atoms. The van der Waals surface area contributed by atoms with Gasteiger partial charge in [-0.3, -0.25) is 9.89 Å². The van der Waals surface area contributed by atoms with Crippen LogP contribution in [0.2, 0.25) is 5.02 Å². The van der Waals surface area contributed by atoms with E-state index < -0.39 is 0 Å². The maximum atomic E-state index is 12.1. The highest BCUT2D eigenvalue weighted by molar-refractivity contribution is 6.32. The van der Waals surface area contributed by atoms with E-state index >= 15 is 0 Å². The molecule has 1 aromatic carbocycles. The van der Waals surface area contributed by atoms with Gasteiger partial charge in [0.15, 0.2) is 0 Å². The van der Waals surface area contributed by atoms with Crippen LogP contribution in [-0.4, -0.2) is 40.1 Å². The predicted octanol–water partition coefficient (Wildman–Crippen LogP) is 2.06. The molecular formula is C14H17ClN4O2. The van der Waals surface area contributed by atoms with Gasteiger partial charge in [0.25, 0.3) is 0 Å². The van der Waals surface area contributed by atoms with E-state index in [4.69, 9.17) is 16.3 Å². The Morgan fingerprint density at radius 3 is 2.90 bits per heavy atom. The molecule has 0 fully saturated rings. The van der Waals surface area contributed by atoms with E-state index in [2.05, 4.69) is 15.2 Å². The second kappa shape index (κ2) is 7.08. The maximum Gasteiger partial charge on any atom is 0.223 e. The van der Waals surface area contributed by atoms with Gasteiger partial charge in [-0.15, -0.1) is 0 Å². The number of methoxy groups -OCH3 is 1. The Hall–Kier alpha value is -2.08. The van der Waals surface area contributed by atoms with Crippen LogP contribution < -0.4 is 4.74 Å². The number of aromatic nitrogens is 3. The number of carbonyl (C=O) groups excluding carboxylic acids is 1. The molecule has 0 aliphatic rings. The first kappa shape index (κ1) is 15.3. The highest BCUT2D eigenvalue weighted by Crippen LogP contribution is 2.25. The van der Waals surface area contributed by atoms with Crippen LogP contribution in [0.3, 0.4) is 0 Å². The van der Waals surface area contributed by atoms with Gasteiger partial charge >= 0.3 is 0 Å². The predicted molar refractivity (Wildman–Crippen MR) is 79.2 cm³/mol. The molecule has 7 heteroatoms. The van der Waals surface area contributed by atoms with Crippen LogP contribution in [-0.2, 0) is 17.8 Å². The second-order valence-electron chi connectivity index (χ2n) is 4.65. The van der Waals surface area contributed by atoms with Gasteiger partial charge in [0.2, 0.25) is 5.91 Å². The van der Waals surface area contributed by atoms with Gasteiger partial charge in [0.1, 0.15) is 17.9 Å². The summed E-state index contributed by atoms with van der Waals surface area (Å²) in [5, 5.41) is 7.04. The number of hydrogen-bond donors (Lipinski definition) is 1. The Balaban J connectivity index is 1.87. The third-order valence-electron chi connectivity index (χ3n) is 3.12. The van der Waals surface area contributed by atoms with Crippen molar-refractivity contribution in [3.05, 3.63) is 40.9 Å². The summed E-state index contributed by atoms with van der Waals surface area (Å²) < 4.78 is 5.10. The van der Waals surface area contributed by atoms with Gasteiger partial charge in [-0.05, 0) is 24.1 Å². The SMILES string of the molecule is COc1ccc(CCC(=O)N(C)Cc2ncn[nH]2)cc1Cl. The van der Waals surface area contributed by atoms with Crippen molar-refractivity contribution < 1.29 is 9.53 Å². The Bertz CT molecular complexity index is 601. The van der Waals surface area contributed by atoms with E-state index in [1.807, 2.05) is 12.1 Å². The molecule has 6 nitrogen and oxygen atoms in total. The Labute approximate surface area is 128 Å². The van der Waals surface area contributed by atoms with Gasteiger partial charge in [0, 0.05) is 13.5 Å². The van der Waals surface area contributed by atoms with Gasteiger partial charge in [-0.25, -0.2) is 4.98 Å². The molecule has 0 radical (unpaired) electrons. The molecule has 1 amide bonds. The quantitative estimate of drug-likeness (QED) is 0.886. The number of rotatable bonds is 6. The molecule has 0 bridgehead atoms. The first-order valence-electron chi connectivity index (χ1n) is 6.50. The van der Waals surface area contributed by atoms with Gasteiger partial charge in [-0.1, -0.05) is 17.7 Å². The standard InChI is InChI=1S/C14H17ClN4O2/c1-19(8-13-16-9-17-18-13)14(20)6-4-10-3-5-12(21-2)11(15)7-10/h3,5,7,9H,4,6,8H2,1-2H3,(H,16,17,18). The molecule has 0 saturated heterocycles. The van der Waals surface area contributed by atoms with E-state index in [1.54, 1.807) is 25.1 Å². The minimum absolute atomic E-state index is 0.0401. The summed E-state index contributed by atoms with van der Waals surface area (Å²) in [6.07, 6.45) is 2.46. The molecule has 2 rings (SSSR count). The van der Waals surface area contributed by atoms with E-state index in [-0.39, 0.29) is 5.91 Å². The van der Waals surface area contributed by atoms with E-state index in [0.717, 1.165) is 5.56 Å². The lowest BCUT2D eigenvalue weighted by Gasteiger charge is -2.15. The number of aryl methyl sites for hydroxylation is 1. The Morgan fingerprint density at radius 1 is 1.48 bits per heavy atom. The lowest BCUT2D eigenvalue weighted by molar-refractivity contribution is -0.130. The van der Waals surface area contributed by atoms with Crippen molar-refractivity contribution in [3.63, 3.8) is 0 Å². The van der Waals surface area contributed by atoms with E-state index in [0.29, 0.717) is 36.0 Å². The molecule has 0 saturated carbocycles. The van der Waals surface area contributed by atoms with Crippen LogP contribution in [0, 0.1) is 0 Å². The highest BCUT2D eigenvalue weighted by Gasteiger charge is 2.11. The number of benzene rings is 1. The smallest absolute Gasteiger partial charge is 0.223 e. The summed E-state index contributed by atoms with van der Waals surface area (Å²) in [5.74, 6) is 1.34. The van der Waals surface area contributed by atoms with Crippen LogP contribution in [0.4, 0.5) is 0 Å². The first-order valence-corrected chi connectivity index (χ1v) is 6.88. The molecule has 1 heterocycles. The molecule has 0 unspecified atom stereocenters. The third-order valence-corrected chi connectivity index (χ3v) is 3.42. The van der Waals surface area contributed by atoms with Gasteiger partial charge in [-0.2, -0.15) is 5.10 Å². The van der Waals surface area contributed by atoms with Crippen molar-refractivity contribution in [3.8, 4) is 5.75 Å². The summed E-state index contributed by atoms with van der Waals surface area (Å²) in [6, 6.07) is 5.54. The average molecular weight is 309 g/mol. The van der Waals surface area contributed by atoms with Crippen LogP contribution >= 0.6 is 11.6 Å². The number of H-pyrrole nitrogens is 1. The number of amides is 1. The number of hydrogen-bond acceptors (Lipinski definition) is 4. The van der Waals surface area contributed by atoms with Crippen molar-refractivity contribution in [1.82, 2.24) is 20.1 Å². The van der Waals surface area contributed by atoms with Crippen LogP contribution in [0.15, 0.2) is 24.5 Å². The number of halogens is 1. The van der Waals surface area contributed by atoms with Gasteiger partial charge < -0.3 is 9.64 Å². The molecule has 0 aliphatic heterocycles. The minimum atomic E-state index is 0.0401. The average Bonchev–Trinajstić information content (AvgIpc) is 2.97. The molecule has 1 N–H and O–H groups in total. The zero-order chi connectivity index (χ0) is 15.2. The van der Waals surface area contributed by atoms with Crippen molar-refractivity contribution in [2.24, 2.45) is 0 Å². The van der Waals surface area contributed by atoms with Gasteiger partial charge in [0.05, 0.1) is 18.7 Å². The monoisotopic (exact) mass is 308 g/mol. The fourth-order valence-corrected chi connectivity index (χ4v) is 2.21. The van der Waals surface area contributed by atoms with Crippen molar-refractivity contribution in [1.29, 1.82) is 0 Å². The fourth-order valence-electron chi connectivity index (χ4n) is 1.93. The highest BCUT2D eigenvalue weighted by atomic mass is 35.5. The molecule has 0 atom stereocenters. The number of ether oxygens (including phenoxy) is 1. The summed E-state index contributed by atoms with van der Waals surface area (Å²) in [6.45, 7) is 0.419. The van der Waals surface area contributed by atoms with Crippen LogP contribution in [0.5, 0.6) is 5.75 Å². The Morgan fingerprint density at radius 2 is 2.29 bits per heavy atom. The number of carbonyl (C=O) groups is 1. The lowest BCUT2D eigenvalue weighted by Crippen LogP contribution is -2.26. The van der Waals surface area contributed by atoms with Crippen molar-refractivity contribution in [2.75, 3.05) is 14.2 Å². The minimum Gasteiger partial charge on any atom is -0.495 e. The zero-order valence-corrected chi connectivity index (χ0v) is 12.7. The van der Waals surface area contributed by atoms with Crippen molar-refractivity contribution in [2.45, 2.75) is 19.4 Å². The zero-order valence-electron chi connectivity index (χ0n) is 12.0. The molecule has 0 aliphatic carbocycles. The summed E-state index contributed by atoms with van der Waals surface area (Å²) in [4.78, 5) is 17.7. The summed E-state index contributed by atoms with van der Waals surface area (Å²) in [7, 11) is 3.31. The van der Waals surface area contributed by atoms with Crippen LogP contribution in [0.25, 0.3) is 0 Å². The summed E-state index contributed by atoms with van der Waals surface area (Å²) >= 11 is 6.06. The third kappa shape index (κ3) is 4.19. The molecule has 2 aromatic rings. The molecule has 1 aromatic heterocycles. The van der Waals surface area contributed by atoms with E-state index in [9.17, 15) is 4.79 Å². The maximum absolute atomic E-state index is 12.1. The molecular weight excluding hydrogens is 292 g/mol. The lowest BCUT2D eigenvalue weighted by atomic mass is 10.1. The number of nitrogens with one attached hydrogen (secondary N) is 1.